The van der Waals surface area contributed by atoms with Gasteiger partial charge < -0.3 is 15.4 Å². The lowest BCUT2D eigenvalue weighted by Gasteiger charge is -2.38. The Labute approximate surface area is 103 Å². The molecule has 1 heterocycles. The predicted octanol–water partition coefficient (Wildman–Crippen LogP) is 2.12. The number of hydrogen-bond acceptors (Lipinski definition) is 3. The Morgan fingerprint density at radius 1 is 1.35 bits per heavy atom. The highest BCUT2D eigenvalue weighted by Crippen LogP contribution is 2.36. The Kier molecular flexibility index (Phi) is 3.34. The van der Waals surface area contributed by atoms with Crippen molar-refractivity contribution in [2.45, 2.75) is 64.1 Å². The van der Waals surface area contributed by atoms with E-state index in [1.807, 2.05) is 25.7 Å². The van der Waals surface area contributed by atoms with Gasteiger partial charge in [0, 0.05) is 18.6 Å². The SMILES string of the molecule is CC(C)(C)OC(=O)N1CCCC2CC(N)CC21. The average Bonchev–Trinajstić information content (AvgIpc) is 2.54. The second-order valence-corrected chi connectivity index (χ2v) is 6.37. The van der Waals surface area contributed by atoms with Gasteiger partial charge in [0.2, 0.25) is 0 Å². The third kappa shape index (κ3) is 2.92. The van der Waals surface area contributed by atoms with Crippen LogP contribution in [0.3, 0.4) is 0 Å². The molecule has 2 rings (SSSR count). The number of likely N-dealkylation sites (tertiary alicyclic amines) is 1. The van der Waals surface area contributed by atoms with E-state index in [2.05, 4.69) is 0 Å². The maximum absolute atomic E-state index is 12.1. The lowest BCUT2D eigenvalue weighted by Crippen LogP contribution is -2.48. The van der Waals surface area contributed by atoms with Crippen LogP contribution in [0.4, 0.5) is 4.79 Å². The summed E-state index contributed by atoms with van der Waals surface area (Å²) < 4.78 is 5.47. The number of piperidine rings is 1. The molecule has 1 amide bonds. The van der Waals surface area contributed by atoms with E-state index in [-0.39, 0.29) is 12.1 Å². The van der Waals surface area contributed by atoms with Crippen LogP contribution >= 0.6 is 0 Å². The lowest BCUT2D eigenvalue weighted by atomic mass is 9.92. The smallest absolute Gasteiger partial charge is 0.410 e. The van der Waals surface area contributed by atoms with Crippen LogP contribution < -0.4 is 5.73 Å². The van der Waals surface area contributed by atoms with E-state index in [4.69, 9.17) is 10.5 Å². The highest BCUT2D eigenvalue weighted by molar-refractivity contribution is 5.68. The lowest BCUT2D eigenvalue weighted by molar-refractivity contribution is 0.00430. The molecule has 0 bridgehead atoms. The zero-order chi connectivity index (χ0) is 12.6. The van der Waals surface area contributed by atoms with Gasteiger partial charge in [-0.25, -0.2) is 4.79 Å². The molecule has 4 nitrogen and oxygen atoms in total. The van der Waals surface area contributed by atoms with Crippen molar-refractivity contribution in [2.24, 2.45) is 11.7 Å². The summed E-state index contributed by atoms with van der Waals surface area (Å²) in [6.45, 7) is 6.55. The van der Waals surface area contributed by atoms with Crippen molar-refractivity contribution in [1.29, 1.82) is 0 Å². The number of fused-ring (bicyclic) bond motifs is 1. The summed E-state index contributed by atoms with van der Waals surface area (Å²) in [5.74, 6) is 0.589. The van der Waals surface area contributed by atoms with E-state index < -0.39 is 5.60 Å². The van der Waals surface area contributed by atoms with E-state index in [1.54, 1.807) is 0 Å². The Morgan fingerprint density at radius 2 is 2.06 bits per heavy atom. The zero-order valence-corrected chi connectivity index (χ0v) is 11.1. The number of hydrogen-bond donors (Lipinski definition) is 1. The number of rotatable bonds is 0. The predicted molar refractivity (Wildman–Crippen MR) is 66.7 cm³/mol. The molecule has 2 fully saturated rings. The first kappa shape index (κ1) is 12.7. The van der Waals surface area contributed by atoms with E-state index >= 15 is 0 Å². The molecule has 0 radical (unpaired) electrons. The van der Waals surface area contributed by atoms with E-state index in [1.165, 1.54) is 6.42 Å². The molecule has 98 valence electrons. The van der Waals surface area contributed by atoms with Gasteiger partial charge in [0.1, 0.15) is 5.60 Å². The molecule has 4 heteroatoms. The van der Waals surface area contributed by atoms with Crippen LogP contribution in [-0.2, 0) is 4.74 Å². The van der Waals surface area contributed by atoms with Crippen LogP contribution in [0.5, 0.6) is 0 Å². The molecule has 3 unspecified atom stereocenters. The summed E-state index contributed by atoms with van der Waals surface area (Å²) in [5, 5.41) is 0. The van der Waals surface area contributed by atoms with E-state index in [0.29, 0.717) is 12.0 Å². The molecule has 0 aromatic rings. The van der Waals surface area contributed by atoms with Crippen molar-refractivity contribution in [2.75, 3.05) is 6.54 Å². The quantitative estimate of drug-likeness (QED) is 0.705. The summed E-state index contributed by atoms with van der Waals surface area (Å²) >= 11 is 0. The van der Waals surface area contributed by atoms with Crippen LogP contribution in [0, 0.1) is 5.92 Å². The fraction of sp³-hybridized carbons (Fsp3) is 0.923. The second-order valence-electron chi connectivity index (χ2n) is 6.37. The number of nitrogens with two attached hydrogens (primary N) is 1. The highest BCUT2D eigenvalue weighted by atomic mass is 16.6. The van der Waals surface area contributed by atoms with Gasteiger partial charge in [-0.2, -0.15) is 0 Å². The minimum Gasteiger partial charge on any atom is -0.444 e. The Morgan fingerprint density at radius 3 is 2.71 bits per heavy atom. The fourth-order valence-corrected chi connectivity index (χ4v) is 3.07. The van der Waals surface area contributed by atoms with Crippen LogP contribution in [0.1, 0.15) is 46.5 Å². The first-order valence-corrected chi connectivity index (χ1v) is 6.62. The fourth-order valence-electron chi connectivity index (χ4n) is 3.07. The van der Waals surface area contributed by atoms with Crippen molar-refractivity contribution in [3.63, 3.8) is 0 Å². The first-order chi connectivity index (χ1) is 7.87. The van der Waals surface area contributed by atoms with Gasteiger partial charge in [0.15, 0.2) is 0 Å². The Bertz CT molecular complexity index is 298. The molecule has 1 saturated heterocycles. The zero-order valence-electron chi connectivity index (χ0n) is 11.1. The summed E-state index contributed by atoms with van der Waals surface area (Å²) in [7, 11) is 0. The van der Waals surface area contributed by atoms with Crippen molar-refractivity contribution in [3.05, 3.63) is 0 Å². The third-order valence-corrected chi connectivity index (χ3v) is 3.70. The number of nitrogens with zero attached hydrogens (tertiary/aromatic N) is 1. The molecular weight excluding hydrogens is 216 g/mol. The molecule has 2 aliphatic rings. The van der Waals surface area contributed by atoms with Crippen LogP contribution in [0.25, 0.3) is 0 Å². The largest absolute Gasteiger partial charge is 0.444 e. The van der Waals surface area contributed by atoms with Crippen LogP contribution in [0.15, 0.2) is 0 Å². The molecule has 3 atom stereocenters. The molecule has 2 N–H and O–H groups in total. The Balaban J connectivity index is 2.02. The number of carbonyl (C=O) groups is 1. The van der Waals surface area contributed by atoms with Gasteiger partial charge in [0.05, 0.1) is 0 Å². The van der Waals surface area contributed by atoms with Crippen molar-refractivity contribution < 1.29 is 9.53 Å². The summed E-state index contributed by atoms with van der Waals surface area (Å²) in [5.41, 5.74) is 5.59. The van der Waals surface area contributed by atoms with Gasteiger partial charge in [-0.15, -0.1) is 0 Å². The van der Waals surface area contributed by atoms with Crippen molar-refractivity contribution in [3.8, 4) is 0 Å². The maximum Gasteiger partial charge on any atom is 0.410 e. The number of ether oxygens (including phenoxy) is 1. The minimum atomic E-state index is -0.412. The monoisotopic (exact) mass is 240 g/mol. The van der Waals surface area contributed by atoms with Gasteiger partial charge >= 0.3 is 6.09 Å². The van der Waals surface area contributed by atoms with Crippen molar-refractivity contribution in [1.82, 2.24) is 4.90 Å². The molecule has 1 aliphatic carbocycles. The second kappa shape index (κ2) is 4.48. The van der Waals surface area contributed by atoms with E-state index in [0.717, 1.165) is 25.8 Å². The highest BCUT2D eigenvalue weighted by Gasteiger charge is 2.41. The normalized spacial score (nSPS) is 33.4. The molecule has 0 aromatic heterocycles. The van der Waals surface area contributed by atoms with Crippen LogP contribution in [0.2, 0.25) is 0 Å². The van der Waals surface area contributed by atoms with Gasteiger partial charge in [-0.3, -0.25) is 0 Å². The number of carbonyl (C=O) groups excluding carboxylic acids is 1. The average molecular weight is 240 g/mol. The third-order valence-electron chi connectivity index (χ3n) is 3.70. The summed E-state index contributed by atoms with van der Waals surface area (Å²) in [6.07, 6.45) is 4.11. The Hall–Kier alpha value is -0.770. The summed E-state index contributed by atoms with van der Waals surface area (Å²) in [6, 6.07) is 0.571. The summed E-state index contributed by atoms with van der Waals surface area (Å²) in [4.78, 5) is 14.0. The molecule has 1 saturated carbocycles. The standard InChI is InChI=1S/C13H24N2O2/c1-13(2,3)17-12(16)15-6-4-5-9-7-10(14)8-11(9)15/h9-11H,4-8,14H2,1-3H3. The maximum atomic E-state index is 12.1. The molecule has 0 spiro atoms. The minimum absolute atomic E-state index is 0.165. The van der Waals surface area contributed by atoms with E-state index in [9.17, 15) is 4.79 Å². The molecule has 1 aliphatic heterocycles. The molecule has 0 aromatic carbocycles. The molecular formula is C13H24N2O2. The topological polar surface area (TPSA) is 55.6 Å². The van der Waals surface area contributed by atoms with Gasteiger partial charge in [-0.05, 0) is 52.4 Å². The van der Waals surface area contributed by atoms with Crippen LogP contribution in [-0.4, -0.2) is 35.2 Å². The van der Waals surface area contributed by atoms with Gasteiger partial charge in [0.25, 0.3) is 0 Å². The first-order valence-electron chi connectivity index (χ1n) is 6.62. The van der Waals surface area contributed by atoms with Crippen molar-refractivity contribution >= 4 is 6.09 Å². The van der Waals surface area contributed by atoms with Gasteiger partial charge in [-0.1, -0.05) is 0 Å². The number of amides is 1. The molecule has 17 heavy (non-hydrogen) atoms.